The molecule has 6 heteroatoms. The minimum atomic E-state index is -2.76. The van der Waals surface area contributed by atoms with Gasteiger partial charge in [-0.25, -0.2) is 13.4 Å². The molecule has 3 heterocycles. The molecular weight excluding hydrogens is 316 g/mol. The summed E-state index contributed by atoms with van der Waals surface area (Å²) in [4.78, 5) is 7.29. The molecule has 0 radical (unpaired) electrons. The van der Waals surface area contributed by atoms with Crippen molar-refractivity contribution in [2.24, 2.45) is 5.92 Å². The van der Waals surface area contributed by atoms with Gasteiger partial charge >= 0.3 is 0 Å². The SMILES string of the molecule is CC(C)c1csc(C2CCCN(CC3CCS(=O)(=O)C3)C2)n1. The molecule has 0 N–H and O–H groups in total. The van der Waals surface area contributed by atoms with Crippen LogP contribution in [0.2, 0.25) is 0 Å². The van der Waals surface area contributed by atoms with E-state index in [1.807, 2.05) is 0 Å². The quantitative estimate of drug-likeness (QED) is 0.844. The van der Waals surface area contributed by atoms with E-state index in [2.05, 4.69) is 24.1 Å². The van der Waals surface area contributed by atoms with Crippen molar-refractivity contribution < 1.29 is 8.42 Å². The minimum absolute atomic E-state index is 0.339. The van der Waals surface area contributed by atoms with E-state index in [-0.39, 0.29) is 0 Å². The number of hydrogen-bond donors (Lipinski definition) is 0. The van der Waals surface area contributed by atoms with Gasteiger partial charge in [-0.3, -0.25) is 0 Å². The highest BCUT2D eigenvalue weighted by Crippen LogP contribution is 2.31. The van der Waals surface area contributed by atoms with Crippen molar-refractivity contribution in [3.63, 3.8) is 0 Å². The Hall–Kier alpha value is -0.460. The van der Waals surface area contributed by atoms with Gasteiger partial charge in [-0.2, -0.15) is 0 Å². The lowest BCUT2D eigenvalue weighted by Gasteiger charge is -2.33. The fourth-order valence-corrected chi connectivity index (χ4v) is 6.52. The van der Waals surface area contributed by atoms with Crippen molar-refractivity contribution in [3.8, 4) is 0 Å². The van der Waals surface area contributed by atoms with Crippen LogP contribution in [0.15, 0.2) is 5.38 Å². The number of nitrogens with zero attached hydrogens (tertiary/aromatic N) is 2. The summed E-state index contributed by atoms with van der Waals surface area (Å²) in [7, 11) is -2.76. The molecule has 4 nitrogen and oxygen atoms in total. The van der Waals surface area contributed by atoms with Crippen LogP contribution in [0.4, 0.5) is 0 Å². The van der Waals surface area contributed by atoms with Crippen molar-refractivity contribution in [2.75, 3.05) is 31.1 Å². The zero-order valence-electron chi connectivity index (χ0n) is 13.5. The van der Waals surface area contributed by atoms with Gasteiger partial charge in [-0.05, 0) is 37.6 Å². The first kappa shape index (κ1) is 16.4. The second-order valence-corrected chi connectivity index (χ2v) is 10.3. The summed E-state index contributed by atoms with van der Waals surface area (Å²) in [6.07, 6.45) is 3.25. The van der Waals surface area contributed by atoms with Gasteiger partial charge in [0.2, 0.25) is 0 Å². The lowest BCUT2D eigenvalue weighted by Crippen LogP contribution is -2.38. The Bertz CT molecular complexity index is 609. The lowest BCUT2D eigenvalue weighted by atomic mass is 9.97. The maximum atomic E-state index is 11.6. The molecule has 2 atom stereocenters. The molecule has 0 aliphatic carbocycles. The monoisotopic (exact) mass is 342 g/mol. The lowest BCUT2D eigenvalue weighted by molar-refractivity contribution is 0.184. The zero-order valence-corrected chi connectivity index (χ0v) is 15.1. The molecule has 2 saturated heterocycles. The largest absolute Gasteiger partial charge is 0.302 e. The van der Waals surface area contributed by atoms with Gasteiger partial charge in [0.15, 0.2) is 9.84 Å². The van der Waals surface area contributed by atoms with Crippen LogP contribution in [0.25, 0.3) is 0 Å². The van der Waals surface area contributed by atoms with E-state index < -0.39 is 9.84 Å². The number of piperidine rings is 1. The van der Waals surface area contributed by atoms with Crippen LogP contribution in [0.5, 0.6) is 0 Å². The number of likely N-dealkylation sites (tertiary alicyclic amines) is 1. The number of rotatable bonds is 4. The average molecular weight is 343 g/mol. The second kappa shape index (κ2) is 6.57. The summed E-state index contributed by atoms with van der Waals surface area (Å²) in [5.41, 5.74) is 1.21. The third kappa shape index (κ3) is 3.89. The molecule has 1 aromatic heterocycles. The normalized spacial score (nSPS) is 29.2. The van der Waals surface area contributed by atoms with Crippen molar-refractivity contribution >= 4 is 21.2 Å². The van der Waals surface area contributed by atoms with Crippen LogP contribution in [-0.4, -0.2) is 49.4 Å². The Labute approximate surface area is 137 Å². The highest BCUT2D eigenvalue weighted by atomic mass is 32.2. The highest BCUT2D eigenvalue weighted by Gasteiger charge is 2.31. The molecule has 0 bridgehead atoms. The molecule has 0 saturated carbocycles. The van der Waals surface area contributed by atoms with E-state index in [0.717, 1.165) is 26.1 Å². The van der Waals surface area contributed by atoms with E-state index in [1.54, 1.807) is 11.3 Å². The fourth-order valence-electron chi connectivity index (χ4n) is 3.56. The third-order valence-corrected chi connectivity index (χ3v) is 7.69. The first-order valence-corrected chi connectivity index (χ1v) is 11.0. The molecule has 0 aromatic carbocycles. The highest BCUT2D eigenvalue weighted by molar-refractivity contribution is 7.91. The molecule has 124 valence electrons. The van der Waals surface area contributed by atoms with Crippen LogP contribution in [-0.2, 0) is 9.84 Å². The molecule has 1 aromatic rings. The summed E-state index contributed by atoms with van der Waals surface area (Å²) < 4.78 is 23.2. The molecule has 2 aliphatic heterocycles. The van der Waals surface area contributed by atoms with Crippen LogP contribution in [0, 0.1) is 5.92 Å². The van der Waals surface area contributed by atoms with Gasteiger partial charge in [0.25, 0.3) is 0 Å². The van der Waals surface area contributed by atoms with E-state index in [1.165, 1.54) is 23.5 Å². The first-order valence-electron chi connectivity index (χ1n) is 8.31. The van der Waals surface area contributed by atoms with E-state index in [4.69, 9.17) is 4.98 Å². The molecule has 22 heavy (non-hydrogen) atoms. The van der Waals surface area contributed by atoms with Crippen LogP contribution in [0.1, 0.15) is 55.6 Å². The molecule has 3 rings (SSSR count). The maximum Gasteiger partial charge on any atom is 0.150 e. The van der Waals surface area contributed by atoms with Gasteiger partial charge < -0.3 is 4.90 Å². The maximum absolute atomic E-state index is 11.6. The smallest absolute Gasteiger partial charge is 0.150 e. The van der Waals surface area contributed by atoms with Crippen molar-refractivity contribution in [2.45, 2.75) is 44.9 Å². The standard InChI is InChI=1S/C16H26N2O2S2/c1-12(2)15-10-21-16(17-15)14-4-3-6-18(9-14)8-13-5-7-22(19,20)11-13/h10,12-14H,3-9,11H2,1-2H3. The van der Waals surface area contributed by atoms with Crippen LogP contribution in [0.3, 0.4) is 0 Å². The number of thiazole rings is 1. The summed E-state index contributed by atoms with van der Waals surface area (Å²) in [6, 6.07) is 0. The number of hydrogen-bond acceptors (Lipinski definition) is 5. The van der Waals surface area contributed by atoms with Crippen molar-refractivity contribution in [3.05, 3.63) is 16.1 Å². The molecule has 0 spiro atoms. The molecule has 0 amide bonds. The Morgan fingerprint density at radius 1 is 1.41 bits per heavy atom. The van der Waals surface area contributed by atoms with Gasteiger partial charge in [0.05, 0.1) is 22.2 Å². The Morgan fingerprint density at radius 2 is 2.23 bits per heavy atom. The predicted octanol–water partition coefficient (Wildman–Crippen LogP) is 2.88. The second-order valence-electron chi connectivity index (χ2n) is 7.13. The number of sulfone groups is 1. The van der Waals surface area contributed by atoms with Crippen molar-refractivity contribution in [1.82, 2.24) is 9.88 Å². The molecule has 2 aliphatic rings. The van der Waals surface area contributed by atoms with E-state index in [9.17, 15) is 8.42 Å². The van der Waals surface area contributed by atoms with Gasteiger partial charge in [0.1, 0.15) is 0 Å². The van der Waals surface area contributed by atoms with Crippen LogP contribution < -0.4 is 0 Å². The van der Waals surface area contributed by atoms with E-state index >= 15 is 0 Å². The van der Waals surface area contributed by atoms with Gasteiger partial charge in [-0.1, -0.05) is 13.8 Å². The topological polar surface area (TPSA) is 50.3 Å². The predicted molar refractivity (Wildman–Crippen MR) is 91.4 cm³/mol. The fraction of sp³-hybridized carbons (Fsp3) is 0.812. The Kier molecular flexibility index (Phi) is 4.90. The van der Waals surface area contributed by atoms with Gasteiger partial charge in [-0.15, -0.1) is 11.3 Å². The number of aromatic nitrogens is 1. The zero-order chi connectivity index (χ0) is 15.7. The summed E-state index contributed by atoms with van der Waals surface area (Å²) >= 11 is 1.80. The van der Waals surface area contributed by atoms with Crippen LogP contribution >= 0.6 is 11.3 Å². The van der Waals surface area contributed by atoms with E-state index in [0.29, 0.717) is 29.3 Å². The first-order chi connectivity index (χ1) is 10.4. The van der Waals surface area contributed by atoms with Gasteiger partial charge in [0, 0.05) is 24.4 Å². The summed E-state index contributed by atoms with van der Waals surface area (Å²) in [5.74, 6) is 2.14. The molecule has 2 unspecified atom stereocenters. The average Bonchev–Trinajstić information content (AvgIpc) is 3.06. The molecular formula is C16H26N2O2S2. The Morgan fingerprint density at radius 3 is 2.86 bits per heavy atom. The Balaban J connectivity index is 1.59. The minimum Gasteiger partial charge on any atom is -0.302 e. The van der Waals surface area contributed by atoms with Crippen molar-refractivity contribution in [1.29, 1.82) is 0 Å². The third-order valence-electron chi connectivity index (χ3n) is 4.83. The molecule has 2 fully saturated rings. The summed E-state index contributed by atoms with van der Waals surface area (Å²) in [6.45, 7) is 7.47. The summed E-state index contributed by atoms with van der Waals surface area (Å²) in [5, 5.41) is 3.47.